The van der Waals surface area contributed by atoms with Crippen molar-refractivity contribution < 1.29 is 22.3 Å². The molecule has 0 radical (unpaired) electrons. The molecule has 2 aromatic rings. The normalized spacial score (nSPS) is 15.5. The molecule has 3 rings (SSSR count). The predicted octanol–water partition coefficient (Wildman–Crippen LogP) is 3.10. The van der Waals surface area contributed by atoms with Gasteiger partial charge in [0.1, 0.15) is 29.4 Å². The van der Waals surface area contributed by atoms with Crippen LogP contribution in [0.5, 0.6) is 5.75 Å². The fourth-order valence-corrected chi connectivity index (χ4v) is 2.85. The van der Waals surface area contributed by atoms with E-state index in [1.165, 1.54) is 12.3 Å². The maximum absolute atomic E-state index is 15.3. The molecular formula is C19H21F4N5O. The molecule has 10 heteroatoms. The summed E-state index contributed by atoms with van der Waals surface area (Å²) < 4.78 is 63.7. The minimum atomic E-state index is -3.64. The van der Waals surface area contributed by atoms with Crippen LogP contribution in [0.25, 0.3) is 0 Å². The highest BCUT2D eigenvalue weighted by Crippen LogP contribution is 2.43. The highest BCUT2D eigenvalue weighted by Gasteiger charge is 2.45. The molecule has 1 saturated carbocycles. The molecule has 1 aliphatic rings. The second-order valence-electron chi connectivity index (χ2n) is 6.86. The van der Waals surface area contributed by atoms with E-state index in [9.17, 15) is 8.78 Å². The number of hydrogen-bond donors (Lipinski definition) is 2. The molecule has 0 aliphatic heterocycles. The summed E-state index contributed by atoms with van der Waals surface area (Å²) in [5.74, 6) is -1.02. The van der Waals surface area contributed by atoms with Gasteiger partial charge in [-0.25, -0.2) is 19.7 Å². The van der Waals surface area contributed by atoms with Crippen LogP contribution in [-0.2, 0) is 5.92 Å². The lowest BCUT2D eigenvalue weighted by atomic mass is 9.89. The second-order valence-corrected chi connectivity index (χ2v) is 6.86. The summed E-state index contributed by atoms with van der Waals surface area (Å²) in [5, 5.41) is 4.16. The van der Waals surface area contributed by atoms with Gasteiger partial charge < -0.3 is 10.5 Å². The van der Waals surface area contributed by atoms with Crippen molar-refractivity contribution in [1.29, 1.82) is 0 Å². The van der Waals surface area contributed by atoms with Crippen LogP contribution < -0.4 is 16.3 Å². The average Bonchev–Trinajstić information content (AvgIpc) is 3.50. The largest absolute Gasteiger partial charge is 0.492 e. The van der Waals surface area contributed by atoms with Crippen LogP contribution >= 0.6 is 0 Å². The van der Waals surface area contributed by atoms with Crippen molar-refractivity contribution in [2.45, 2.75) is 24.7 Å². The Bertz CT molecular complexity index is 858. The molecule has 1 heterocycles. The topological polar surface area (TPSA) is 89.8 Å². The Labute approximate surface area is 165 Å². The van der Waals surface area contributed by atoms with E-state index in [4.69, 9.17) is 16.3 Å². The third kappa shape index (κ3) is 5.14. The van der Waals surface area contributed by atoms with Crippen molar-refractivity contribution in [2.75, 3.05) is 13.2 Å². The second kappa shape index (κ2) is 8.64. The zero-order valence-electron chi connectivity index (χ0n) is 15.4. The summed E-state index contributed by atoms with van der Waals surface area (Å²) in [5.41, 5.74) is 4.11. The van der Waals surface area contributed by atoms with Crippen molar-refractivity contribution in [3.63, 3.8) is 0 Å². The van der Waals surface area contributed by atoms with Crippen molar-refractivity contribution in [2.24, 2.45) is 22.6 Å². The highest BCUT2D eigenvalue weighted by atomic mass is 19.3. The number of benzene rings is 1. The number of hydrazine groups is 1. The number of nitrogens with two attached hydrogens (primary N) is 2. The summed E-state index contributed by atoms with van der Waals surface area (Å²) in [6.07, 6.45) is 4.20. The number of ether oxygens (including phenoxy) is 1. The van der Waals surface area contributed by atoms with Crippen molar-refractivity contribution in [1.82, 2.24) is 10.1 Å². The first-order valence-electron chi connectivity index (χ1n) is 8.99. The third-order valence-corrected chi connectivity index (χ3v) is 4.62. The Morgan fingerprint density at radius 2 is 2.03 bits per heavy atom. The number of hydrogen-bond acceptors (Lipinski definition) is 5. The fraction of sp³-hybridized carbons (Fsp3) is 0.368. The van der Waals surface area contributed by atoms with Gasteiger partial charge in [-0.05, 0) is 42.5 Å². The lowest BCUT2D eigenvalue weighted by Crippen LogP contribution is -2.38. The third-order valence-electron chi connectivity index (χ3n) is 4.62. The van der Waals surface area contributed by atoms with E-state index in [0.29, 0.717) is 29.5 Å². The Kier molecular flexibility index (Phi) is 6.21. The number of halogens is 4. The molecule has 1 aromatic carbocycles. The number of rotatable bonds is 9. The van der Waals surface area contributed by atoms with E-state index < -0.39 is 41.3 Å². The maximum Gasteiger partial charge on any atom is 0.298 e. The molecule has 4 N–H and O–H groups in total. The Hall–Kier alpha value is -2.88. The van der Waals surface area contributed by atoms with Crippen LogP contribution in [0.2, 0.25) is 0 Å². The molecule has 1 aromatic heterocycles. The van der Waals surface area contributed by atoms with Crippen molar-refractivity contribution in [3.8, 4) is 5.75 Å². The van der Waals surface area contributed by atoms with Gasteiger partial charge >= 0.3 is 0 Å². The summed E-state index contributed by atoms with van der Waals surface area (Å²) in [6, 6.07) is 4.89. The van der Waals surface area contributed by atoms with E-state index in [2.05, 4.69) is 10.1 Å². The van der Waals surface area contributed by atoms with Gasteiger partial charge in [0.05, 0.1) is 25.3 Å². The molecule has 6 nitrogen and oxygen atoms in total. The Morgan fingerprint density at radius 3 is 2.62 bits per heavy atom. The maximum atomic E-state index is 15.3. The summed E-state index contributed by atoms with van der Waals surface area (Å²) in [4.78, 5) is 3.80. The smallest absolute Gasteiger partial charge is 0.298 e. The van der Waals surface area contributed by atoms with E-state index in [1.807, 2.05) is 0 Å². The number of nitrogens with zero attached hydrogens (tertiary/aromatic N) is 3. The van der Waals surface area contributed by atoms with Gasteiger partial charge in [0, 0.05) is 6.07 Å². The van der Waals surface area contributed by atoms with Crippen LogP contribution in [0.3, 0.4) is 0 Å². The monoisotopic (exact) mass is 411 g/mol. The van der Waals surface area contributed by atoms with Gasteiger partial charge in [-0.1, -0.05) is 6.07 Å². The molecule has 1 atom stereocenters. The zero-order chi connectivity index (χ0) is 21.0. The lowest BCUT2D eigenvalue weighted by Gasteiger charge is -2.29. The standard InChI is InChI=1S/C19H21F4N5O/c20-13-3-5-15(17(21)7-13)16(9-28(25)27-11-24)19(22,23)18-6-4-14(8-26-18)29-10-12-1-2-12/h3-8,11-12,16H,1-2,9-10,25H2,(H2,24,27). The number of aromatic nitrogens is 1. The van der Waals surface area contributed by atoms with Crippen LogP contribution in [0.1, 0.15) is 30.0 Å². The zero-order valence-corrected chi connectivity index (χ0v) is 15.4. The Balaban J connectivity index is 1.89. The van der Waals surface area contributed by atoms with Crippen LogP contribution in [-0.4, -0.2) is 29.6 Å². The van der Waals surface area contributed by atoms with E-state index in [-0.39, 0.29) is 0 Å². The fourth-order valence-electron chi connectivity index (χ4n) is 2.85. The number of pyridine rings is 1. The van der Waals surface area contributed by atoms with Crippen molar-refractivity contribution in [3.05, 3.63) is 59.4 Å². The predicted molar refractivity (Wildman–Crippen MR) is 99.0 cm³/mol. The molecule has 1 aliphatic carbocycles. The molecule has 156 valence electrons. The highest BCUT2D eigenvalue weighted by molar-refractivity contribution is 5.50. The quantitative estimate of drug-likeness (QED) is 0.218. The summed E-state index contributed by atoms with van der Waals surface area (Å²) >= 11 is 0. The molecule has 1 unspecified atom stereocenters. The summed E-state index contributed by atoms with van der Waals surface area (Å²) in [7, 11) is 0. The first kappa shape index (κ1) is 20.8. The number of alkyl halides is 2. The molecule has 0 spiro atoms. The minimum absolute atomic E-state index is 0.370. The first-order chi connectivity index (χ1) is 13.8. The molecule has 0 bridgehead atoms. The van der Waals surface area contributed by atoms with Crippen LogP contribution in [0, 0.1) is 17.6 Å². The van der Waals surface area contributed by atoms with Gasteiger partial charge in [0.2, 0.25) is 0 Å². The first-order valence-corrected chi connectivity index (χ1v) is 8.99. The average molecular weight is 411 g/mol. The van der Waals surface area contributed by atoms with E-state index in [0.717, 1.165) is 37.4 Å². The molecule has 29 heavy (non-hydrogen) atoms. The van der Waals surface area contributed by atoms with Gasteiger partial charge in [0.15, 0.2) is 0 Å². The van der Waals surface area contributed by atoms with Crippen molar-refractivity contribution >= 4 is 6.34 Å². The van der Waals surface area contributed by atoms with Gasteiger partial charge in [0.25, 0.3) is 5.92 Å². The molecule has 0 amide bonds. The molecular weight excluding hydrogens is 390 g/mol. The van der Waals surface area contributed by atoms with E-state index in [1.54, 1.807) is 0 Å². The molecule has 0 saturated heterocycles. The SMILES string of the molecule is N/C=N\N(N)CC(c1ccc(F)cc1F)C(F)(F)c1ccc(OCC2CC2)cn1. The Morgan fingerprint density at radius 1 is 1.28 bits per heavy atom. The lowest BCUT2D eigenvalue weighted by molar-refractivity contribution is -0.0489. The van der Waals surface area contributed by atoms with Crippen LogP contribution in [0.4, 0.5) is 17.6 Å². The molecule has 1 fully saturated rings. The minimum Gasteiger partial charge on any atom is -0.492 e. The van der Waals surface area contributed by atoms with Gasteiger partial charge in [-0.15, -0.1) is 0 Å². The van der Waals surface area contributed by atoms with E-state index >= 15 is 8.78 Å². The van der Waals surface area contributed by atoms with Gasteiger partial charge in [-0.3, -0.25) is 4.98 Å². The van der Waals surface area contributed by atoms with Gasteiger partial charge in [-0.2, -0.15) is 13.9 Å². The number of hydrazone groups is 1. The summed E-state index contributed by atoms with van der Waals surface area (Å²) in [6.45, 7) is -0.0784. The van der Waals surface area contributed by atoms with Crippen LogP contribution in [0.15, 0.2) is 41.6 Å².